The first kappa shape index (κ1) is 7.72. The quantitative estimate of drug-likeness (QED) is 0.697. The van der Waals surface area contributed by atoms with E-state index in [0.717, 1.165) is 0 Å². The number of hydrogen-bond acceptors (Lipinski definition) is 2. The SMILES string of the molecule is O=C(O)c1n[nH]c2cccc(F)c12. The minimum Gasteiger partial charge on any atom is -0.476 e. The lowest BCUT2D eigenvalue weighted by atomic mass is 10.2. The summed E-state index contributed by atoms with van der Waals surface area (Å²) in [4.78, 5) is 10.6. The van der Waals surface area contributed by atoms with Gasteiger partial charge in [0.05, 0.1) is 10.9 Å². The number of fused-ring (bicyclic) bond motifs is 1. The third kappa shape index (κ3) is 1.05. The summed E-state index contributed by atoms with van der Waals surface area (Å²) in [5.74, 6) is -1.82. The molecule has 0 saturated heterocycles. The van der Waals surface area contributed by atoms with Gasteiger partial charge < -0.3 is 5.11 Å². The van der Waals surface area contributed by atoms with E-state index in [1.54, 1.807) is 6.07 Å². The van der Waals surface area contributed by atoms with Crippen LogP contribution < -0.4 is 0 Å². The van der Waals surface area contributed by atoms with Crippen molar-refractivity contribution in [1.82, 2.24) is 10.2 Å². The first-order valence-electron chi connectivity index (χ1n) is 3.56. The number of aromatic nitrogens is 2. The van der Waals surface area contributed by atoms with E-state index >= 15 is 0 Å². The van der Waals surface area contributed by atoms with Crippen molar-refractivity contribution in [1.29, 1.82) is 0 Å². The van der Waals surface area contributed by atoms with E-state index < -0.39 is 11.8 Å². The summed E-state index contributed by atoms with van der Waals surface area (Å²) in [5, 5.41) is 14.6. The Kier molecular flexibility index (Phi) is 1.51. The molecule has 4 nitrogen and oxygen atoms in total. The number of hydrogen-bond donors (Lipinski definition) is 2. The number of H-pyrrole nitrogens is 1. The lowest BCUT2D eigenvalue weighted by Crippen LogP contribution is -1.97. The summed E-state index contributed by atoms with van der Waals surface area (Å²) in [6.07, 6.45) is 0. The lowest BCUT2D eigenvalue weighted by Gasteiger charge is -1.91. The molecule has 0 aliphatic heterocycles. The van der Waals surface area contributed by atoms with Crippen molar-refractivity contribution in [3.8, 4) is 0 Å². The van der Waals surface area contributed by atoms with Crippen LogP contribution in [0.5, 0.6) is 0 Å². The number of rotatable bonds is 1. The van der Waals surface area contributed by atoms with Gasteiger partial charge in [-0.15, -0.1) is 0 Å². The van der Waals surface area contributed by atoms with Crippen LogP contribution in [0, 0.1) is 5.82 Å². The van der Waals surface area contributed by atoms with Crippen LogP contribution in [0.15, 0.2) is 18.2 Å². The molecule has 0 aliphatic carbocycles. The van der Waals surface area contributed by atoms with Crippen molar-refractivity contribution < 1.29 is 14.3 Å². The maximum Gasteiger partial charge on any atom is 0.357 e. The number of benzene rings is 1. The van der Waals surface area contributed by atoms with Crippen molar-refractivity contribution in [3.05, 3.63) is 29.7 Å². The van der Waals surface area contributed by atoms with E-state index in [1.165, 1.54) is 12.1 Å². The van der Waals surface area contributed by atoms with E-state index in [2.05, 4.69) is 10.2 Å². The molecule has 1 aromatic carbocycles. The standard InChI is InChI=1S/C8H5FN2O2/c9-4-2-1-3-5-6(4)7(8(12)13)11-10-5/h1-3H,(H,10,11)(H,12,13). The molecule has 13 heavy (non-hydrogen) atoms. The topological polar surface area (TPSA) is 66.0 Å². The molecule has 0 amide bonds. The van der Waals surface area contributed by atoms with Crippen molar-refractivity contribution in [2.24, 2.45) is 0 Å². The summed E-state index contributed by atoms with van der Waals surface area (Å²) in [7, 11) is 0. The predicted molar refractivity (Wildman–Crippen MR) is 43.0 cm³/mol. The number of aromatic amines is 1. The van der Waals surface area contributed by atoms with Crippen molar-refractivity contribution in [2.75, 3.05) is 0 Å². The number of halogens is 1. The van der Waals surface area contributed by atoms with Gasteiger partial charge in [-0.25, -0.2) is 9.18 Å². The molecule has 0 radical (unpaired) electrons. The zero-order valence-corrected chi connectivity index (χ0v) is 6.41. The first-order valence-corrected chi connectivity index (χ1v) is 3.56. The summed E-state index contributed by atoms with van der Waals surface area (Å²) < 4.78 is 13.1. The Labute approximate surface area is 72.0 Å². The van der Waals surface area contributed by atoms with E-state index in [0.29, 0.717) is 5.52 Å². The fraction of sp³-hybridized carbons (Fsp3) is 0. The number of carbonyl (C=O) groups is 1. The van der Waals surface area contributed by atoms with Gasteiger partial charge in [-0.1, -0.05) is 6.07 Å². The molecule has 1 heterocycles. The Morgan fingerprint density at radius 1 is 1.54 bits per heavy atom. The molecule has 2 aromatic rings. The van der Waals surface area contributed by atoms with Crippen LogP contribution in [0.4, 0.5) is 4.39 Å². The highest BCUT2D eigenvalue weighted by Crippen LogP contribution is 2.18. The fourth-order valence-electron chi connectivity index (χ4n) is 1.18. The summed E-state index contributed by atoms with van der Waals surface area (Å²) in [6, 6.07) is 4.25. The van der Waals surface area contributed by atoms with E-state index in [4.69, 9.17) is 5.11 Å². The fourth-order valence-corrected chi connectivity index (χ4v) is 1.18. The zero-order valence-electron chi connectivity index (χ0n) is 6.41. The van der Waals surface area contributed by atoms with Crippen LogP contribution in [0.25, 0.3) is 10.9 Å². The highest BCUT2D eigenvalue weighted by atomic mass is 19.1. The highest BCUT2D eigenvalue weighted by Gasteiger charge is 2.15. The van der Waals surface area contributed by atoms with Crippen molar-refractivity contribution in [2.45, 2.75) is 0 Å². The third-order valence-corrected chi connectivity index (χ3v) is 1.74. The highest BCUT2D eigenvalue weighted by molar-refractivity contribution is 6.01. The lowest BCUT2D eigenvalue weighted by molar-refractivity contribution is 0.0692. The molecule has 0 saturated carbocycles. The molecule has 2 rings (SSSR count). The minimum absolute atomic E-state index is 0.0231. The van der Waals surface area contributed by atoms with E-state index in [1.807, 2.05) is 0 Å². The monoisotopic (exact) mass is 180 g/mol. The average molecular weight is 180 g/mol. The molecule has 66 valence electrons. The maximum atomic E-state index is 13.1. The molecule has 0 atom stereocenters. The van der Waals surface area contributed by atoms with Gasteiger partial charge in [0.2, 0.25) is 0 Å². The largest absolute Gasteiger partial charge is 0.476 e. The molecular formula is C8H5FN2O2. The van der Waals surface area contributed by atoms with Gasteiger partial charge >= 0.3 is 5.97 Å². The van der Waals surface area contributed by atoms with Crippen LogP contribution >= 0.6 is 0 Å². The maximum absolute atomic E-state index is 13.1. The minimum atomic E-state index is -1.24. The third-order valence-electron chi connectivity index (χ3n) is 1.74. The number of carboxylic acid groups (broad SMARTS) is 1. The first-order chi connectivity index (χ1) is 6.20. The molecule has 0 unspecified atom stereocenters. The van der Waals surface area contributed by atoms with E-state index in [-0.39, 0.29) is 11.1 Å². The summed E-state index contributed by atoms with van der Waals surface area (Å²) >= 11 is 0. The van der Waals surface area contributed by atoms with Crippen molar-refractivity contribution >= 4 is 16.9 Å². The van der Waals surface area contributed by atoms with Crippen molar-refractivity contribution in [3.63, 3.8) is 0 Å². The molecule has 1 aromatic heterocycles. The second-order valence-corrected chi connectivity index (χ2v) is 2.54. The smallest absolute Gasteiger partial charge is 0.357 e. The Balaban J connectivity index is 2.86. The Bertz CT molecular complexity index is 478. The van der Waals surface area contributed by atoms with Crippen LogP contribution in [0.3, 0.4) is 0 Å². The Morgan fingerprint density at radius 3 is 3.00 bits per heavy atom. The number of nitrogens with one attached hydrogen (secondary N) is 1. The van der Waals surface area contributed by atoms with Crippen LogP contribution in [-0.2, 0) is 0 Å². The molecule has 0 aliphatic rings. The van der Waals surface area contributed by atoms with Crippen LogP contribution in [-0.4, -0.2) is 21.3 Å². The second-order valence-electron chi connectivity index (χ2n) is 2.54. The normalized spacial score (nSPS) is 10.5. The number of aromatic carboxylic acids is 1. The number of carboxylic acids is 1. The molecule has 5 heteroatoms. The average Bonchev–Trinajstić information content (AvgIpc) is 2.49. The van der Waals surface area contributed by atoms with Gasteiger partial charge in [0.25, 0.3) is 0 Å². The zero-order chi connectivity index (χ0) is 9.42. The van der Waals surface area contributed by atoms with Crippen LogP contribution in [0.1, 0.15) is 10.5 Å². The predicted octanol–water partition coefficient (Wildman–Crippen LogP) is 1.40. The molecule has 0 fully saturated rings. The van der Waals surface area contributed by atoms with Crippen LogP contribution in [0.2, 0.25) is 0 Å². The molecule has 0 bridgehead atoms. The van der Waals surface area contributed by atoms with E-state index in [9.17, 15) is 9.18 Å². The Morgan fingerprint density at radius 2 is 2.31 bits per heavy atom. The van der Waals surface area contributed by atoms with Gasteiger partial charge in [0.1, 0.15) is 5.82 Å². The van der Waals surface area contributed by atoms with Gasteiger partial charge in [-0.05, 0) is 12.1 Å². The van der Waals surface area contributed by atoms with Gasteiger partial charge in [0.15, 0.2) is 5.69 Å². The van der Waals surface area contributed by atoms with Gasteiger partial charge in [-0.3, -0.25) is 5.10 Å². The summed E-state index contributed by atoms with van der Waals surface area (Å²) in [5.41, 5.74) is 0.102. The molecular weight excluding hydrogens is 175 g/mol. The molecule has 2 N–H and O–H groups in total. The number of nitrogens with zero attached hydrogens (tertiary/aromatic N) is 1. The second kappa shape index (κ2) is 2.55. The molecule has 0 spiro atoms. The van der Waals surface area contributed by atoms with Gasteiger partial charge in [-0.2, -0.15) is 5.10 Å². The summed E-state index contributed by atoms with van der Waals surface area (Å²) in [6.45, 7) is 0. The Hall–Kier alpha value is -1.91. The van der Waals surface area contributed by atoms with Gasteiger partial charge in [0, 0.05) is 0 Å².